The van der Waals surface area contributed by atoms with E-state index >= 15 is 0 Å². The molecule has 3 rings (SSSR count). The van der Waals surface area contributed by atoms with Gasteiger partial charge < -0.3 is 10.2 Å². The standard InChI is InChI=1S/C29H37N3O4S/c1-6-26(29(34)30-18-21(2)3)31(19-24-14-8-7-12-22(24)4)28(33)20-32(37(5,35)36)27-17-11-15-23-13-9-10-16-25(23)27/h7-17,21,26H,6,18-20H2,1-5H3,(H,30,34). The summed E-state index contributed by atoms with van der Waals surface area (Å²) >= 11 is 0. The van der Waals surface area contributed by atoms with Crippen LogP contribution in [-0.4, -0.2) is 50.5 Å². The number of amides is 2. The summed E-state index contributed by atoms with van der Waals surface area (Å²) in [7, 11) is -3.81. The average Bonchev–Trinajstić information content (AvgIpc) is 2.86. The van der Waals surface area contributed by atoms with Crippen LogP contribution in [0.3, 0.4) is 0 Å². The van der Waals surface area contributed by atoms with E-state index in [9.17, 15) is 18.0 Å². The van der Waals surface area contributed by atoms with Gasteiger partial charge >= 0.3 is 0 Å². The summed E-state index contributed by atoms with van der Waals surface area (Å²) in [6.07, 6.45) is 1.50. The van der Waals surface area contributed by atoms with Gasteiger partial charge in [-0.25, -0.2) is 8.42 Å². The van der Waals surface area contributed by atoms with Crippen LogP contribution < -0.4 is 9.62 Å². The van der Waals surface area contributed by atoms with Crippen molar-refractivity contribution < 1.29 is 18.0 Å². The van der Waals surface area contributed by atoms with Gasteiger partial charge in [-0.1, -0.05) is 81.4 Å². The summed E-state index contributed by atoms with van der Waals surface area (Å²) in [4.78, 5) is 28.6. The van der Waals surface area contributed by atoms with Crippen molar-refractivity contribution >= 4 is 38.3 Å². The molecule has 1 unspecified atom stereocenters. The van der Waals surface area contributed by atoms with Gasteiger partial charge in [0.05, 0.1) is 11.9 Å². The Labute approximate surface area is 220 Å². The number of hydrogen-bond acceptors (Lipinski definition) is 4. The summed E-state index contributed by atoms with van der Waals surface area (Å²) in [5, 5.41) is 4.55. The number of anilines is 1. The highest BCUT2D eigenvalue weighted by Crippen LogP contribution is 2.29. The van der Waals surface area contributed by atoms with Crippen LogP contribution in [0.1, 0.15) is 38.3 Å². The van der Waals surface area contributed by atoms with E-state index in [1.807, 2.05) is 82.3 Å². The third-order valence-corrected chi connectivity index (χ3v) is 7.51. The van der Waals surface area contributed by atoms with E-state index in [-0.39, 0.29) is 18.4 Å². The molecule has 0 radical (unpaired) electrons. The van der Waals surface area contributed by atoms with Gasteiger partial charge in [0.25, 0.3) is 0 Å². The van der Waals surface area contributed by atoms with Crippen LogP contribution in [0, 0.1) is 12.8 Å². The third kappa shape index (κ3) is 7.10. The first-order chi connectivity index (χ1) is 17.5. The first-order valence-corrected chi connectivity index (χ1v) is 14.4. The molecule has 3 aromatic rings. The molecule has 0 heterocycles. The zero-order valence-corrected chi connectivity index (χ0v) is 23.1. The van der Waals surface area contributed by atoms with Crippen molar-refractivity contribution in [3.8, 4) is 0 Å². The topological polar surface area (TPSA) is 86.8 Å². The molecule has 0 aromatic heterocycles. The van der Waals surface area contributed by atoms with Crippen molar-refractivity contribution in [2.75, 3.05) is 23.7 Å². The molecule has 1 atom stereocenters. The summed E-state index contributed by atoms with van der Waals surface area (Å²) in [5.41, 5.74) is 2.33. The Balaban J connectivity index is 2.02. The minimum absolute atomic E-state index is 0.201. The maximum atomic E-state index is 13.9. The summed E-state index contributed by atoms with van der Waals surface area (Å²) in [6, 6.07) is 19.8. The monoisotopic (exact) mass is 523 g/mol. The van der Waals surface area contributed by atoms with Gasteiger partial charge in [-0.2, -0.15) is 0 Å². The molecule has 0 fully saturated rings. The summed E-state index contributed by atoms with van der Waals surface area (Å²) in [6.45, 7) is 8.11. The Morgan fingerprint density at radius 2 is 1.59 bits per heavy atom. The lowest BCUT2D eigenvalue weighted by Gasteiger charge is -2.33. The van der Waals surface area contributed by atoms with Gasteiger partial charge in [-0.05, 0) is 41.8 Å². The van der Waals surface area contributed by atoms with Crippen molar-refractivity contribution in [2.24, 2.45) is 5.92 Å². The summed E-state index contributed by atoms with van der Waals surface area (Å²) in [5.74, 6) is -0.420. The molecule has 37 heavy (non-hydrogen) atoms. The Morgan fingerprint density at radius 3 is 2.24 bits per heavy atom. The second-order valence-electron chi connectivity index (χ2n) is 9.78. The number of carbonyl (C=O) groups excluding carboxylic acids is 2. The van der Waals surface area contributed by atoms with Gasteiger partial charge in [0.15, 0.2) is 0 Å². The van der Waals surface area contributed by atoms with E-state index in [1.54, 1.807) is 12.1 Å². The molecule has 0 aliphatic carbocycles. The number of aryl methyl sites for hydroxylation is 1. The van der Waals surface area contributed by atoms with E-state index in [0.717, 1.165) is 32.5 Å². The highest BCUT2D eigenvalue weighted by molar-refractivity contribution is 7.92. The third-order valence-electron chi connectivity index (χ3n) is 6.39. The lowest BCUT2D eigenvalue weighted by Crippen LogP contribution is -2.52. The first-order valence-electron chi connectivity index (χ1n) is 12.6. The van der Waals surface area contributed by atoms with Gasteiger partial charge in [-0.3, -0.25) is 13.9 Å². The number of nitrogens with zero attached hydrogens (tertiary/aromatic N) is 2. The SMILES string of the molecule is CCC(C(=O)NCC(C)C)N(Cc1ccccc1C)C(=O)CN(c1cccc2ccccc12)S(C)(=O)=O. The lowest BCUT2D eigenvalue weighted by molar-refractivity contribution is -0.140. The molecule has 0 saturated heterocycles. The molecule has 0 saturated carbocycles. The maximum Gasteiger partial charge on any atom is 0.244 e. The van der Waals surface area contributed by atoms with Crippen LogP contribution in [0.15, 0.2) is 66.7 Å². The number of carbonyl (C=O) groups is 2. The lowest BCUT2D eigenvalue weighted by atomic mass is 10.1. The molecule has 0 bridgehead atoms. The molecule has 3 aromatic carbocycles. The quantitative estimate of drug-likeness (QED) is 0.401. The fraction of sp³-hybridized carbons (Fsp3) is 0.379. The number of fused-ring (bicyclic) bond motifs is 1. The van der Waals surface area contributed by atoms with E-state index in [1.165, 1.54) is 4.90 Å². The van der Waals surface area contributed by atoms with E-state index < -0.39 is 28.5 Å². The predicted octanol–water partition coefficient (Wildman–Crippen LogP) is 4.49. The first kappa shape index (κ1) is 28.2. The molecule has 8 heteroatoms. The predicted molar refractivity (Wildman–Crippen MR) is 150 cm³/mol. The molecule has 1 N–H and O–H groups in total. The van der Waals surface area contributed by atoms with Crippen LogP contribution in [0.25, 0.3) is 10.8 Å². The van der Waals surface area contributed by atoms with Crippen molar-refractivity contribution in [1.29, 1.82) is 0 Å². The molecule has 7 nitrogen and oxygen atoms in total. The van der Waals surface area contributed by atoms with Crippen LogP contribution in [0.4, 0.5) is 5.69 Å². The number of benzene rings is 3. The molecular formula is C29H37N3O4S. The second kappa shape index (κ2) is 12.2. The second-order valence-corrected chi connectivity index (χ2v) is 11.7. The van der Waals surface area contributed by atoms with E-state index in [0.29, 0.717) is 18.7 Å². The van der Waals surface area contributed by atoms with Gasteiger partial charge in [0.1, 0.15) is 12.6 Å². The zero-order chi connectivity index (χ0) is 27.2. The highest BCUT2D eigenvalue weighted by atomic mass is 32.2. The normalized spacial score (nSPS) is 12.4. The van der Waals surface area contributed by atoms with E-state index in [2.05, 4.69) is 5.32 Å². The number of nitrogens with one attached hydrogen (secondary N) is 1. The zero-order valence-electron chi connectivity index (χ0n) is 22.3. The van der Waals surface area contributed by atoms with E-state index in [4.69, 9.17) is 0 Å². The Kier molecular flexibility index (Phi) is 9.32. The van der Waals surface area contributed by atoms with Gasteiger partial charge in [0.2, 0.25) is 21.8 Å². The number of hydrogen-bond donors (Lipinski definition) is 1. The Hall–Kier alpha value is -3.39. The smallest absolute Gasteiger partial charge is 0.244 e. The maximum absolute atomic E-state index is 13.9. The Bertz CT molecular complexity index is 1350. The van der Waals surface area contributed by atoms with Crippen LogP contribution >= 0.6 is 0 Å². The van der Waals surface area contributed by atoms with Crippen molar-refractivity contribution in [2.45, 2.75) is 46.7 Å². The summed E-state index contributed by atoms with van der Waals surface area (Å²) < 4.78 is 27.1. The molecule has 0 aliphatic heterocycles. The van der Waals surface area contributed by atoms with Gasteiger partial charge in [0, 0.05) is 18.5 Å². The molecule has 198 valence electrons. The van der Waals surface area contributed by atoms with Crippen molar-refractivity contribution in [1.82, 2.24) is 10.2 Å². The Morgan fingerprint density at radius 1 is 0.946 bits per heavy atom. The van der Waals surface area contributed by atoms with Crippen LogP contribution in [-0.2, 0) is 26.2 Å². The van der Waals surface area contributed by atoms with Gasteiger partial charge in [-0.15, -0.1) is 0 Å². The largest absolute Gasteiger partial charge is 0.354 e. The minimum atomic E-state index is -3.81. The molecular weight excluding hydrogens is 486 g/mol. The minimum Gasteiger partial charge on any atom is -0.354 e. The highest BCUT2D eigenvalue weighted by Gasteiger charge is 2.32. The van der Waals surface area contributed by atoms with Crippen LogP contribution in [0.2, 0.25) is 0 Å². The fourth-order valence-electron chi connectivity index (χ4n) is 4.33. The number of rotatable bonds is 11. The van der Waals surface area contributed by atoms with Crippen LogP contribution in [0.5, 0.6) is 0 Å². The molecule has 0 aliphatic rings. The fourth-order valence-corrected chi connectivity index (χ4v) is 5.20. The van der Waals surface area contributed by atoms with Crippen molar-refractivity contribution in [3.05, 3.63) is 77.9 Å². The molecule has 0 spiro atoms. The molecule has 2 amide bonds. The van der Waals surface area contributed by atoms with Crippen molar-refractivity contribution in [3.63, 3.8) is 0 Å². The average molecular weight is 524 g/mol. The number of sulfonamides is 1.